The lowest BCUT2D eigenvalue weighted by molar-refractivity contribution is -0.135. The van der Waals surface area contributed by atoms with Gasteiger partial charge >= 0.3 is 11.4 Å². The van der Waals surface area contributed by atoms with Gasteiger partial charge in [0.15, 0.2) is 0 Å². The number of carbonyl (C=O) groups excluding carboxylic acids is 1. The zero-order chi connectivity index (χ0) is 13.8. The van der Waals surface area contributed by atoms with Gasteiger partial charge in [0, 0.05) is 10.2 Å². The van der Waals surface area contributed by atoms with E-state index in [0.717, 1.165) is 11.6 Å². The molecule has 7 heteroatoms. The molecule has 0 atom stereocenters. The number of nitrogens with one attached hydrogen (secondary N) is 1. The van der Waals surface area contributed by atoms with Crippen LogP contribution in [0, 0.1) is 0 Å². The highest BCUT2D eigenvalue weighted by atomic mass is 79.9. The third-order valence-electron chi connectivity index (χ3n) is 1.89. The Hall–Kier alpha value is -1.14. The van der Waals surface area contributed by atoms with Crippen LogP contribution in [-0.2, 0) is 9.53 Å². The highest BCUT2D eigenvalue weighted by Crippen LogP contribution is 2.30. The van der Waals surface area contributed by atoms with Gasteiger partial charge < -0.3 is 10.1 Å². The summed E-state index contributed by atoms with van der Waals surface area (Å²) in [5, 5.41) is -1.32. The van der Waals surface area contributed by atoms with E-state index in [4.69, 9.17) is 11.6 Å². The second-order valence-corrected chi connectivity index (χ2v) is 4.60. The van der Waals surface area contributed by atoms with Crippen molar-refractivity contribution in [3.63, 3.8) is 0 Å². The SMILES string of the molecule is COC(=O)/C=C(/Nc1ccc(Br)cc1)C(F)(F)Cl. The quantitative estimate of drug-likeness (QED) is 0.515. The second-order valence-electron chi connectivity index (χ2n) is 3.21. The van der Waals surface area contributed by atoms with Crippen molar-refractivity contribution in [3.8, 4) is 0 Å². The molecule has 0 aliphatic rings. The molecule has 1 aromatic carbocycles. The Morgan fingerprint density at radius 2 is 2.00 bits per heavy atom. The van der Waals surface area contributed by atoms with Crippen LogP contribution in [-0.4, -0.2) is 18.5 Å². The van der Waals surface area contributed by atoms with Crippen molar-refractivity contribution in [2.24, 2.45) is 0 Å². The molecule has 18 heavy (non-hydrogen) atoms. The minimum atomic E-state index is -3.69. The second kappa shape index (κ2) is 6.15. The first kappa shape index (κ1) is 14.9. The molecule has 98 valence electrons. The Morgan fingerprint density at radius 3 is 2.44 bits per heavy atom. The Morgan fingerprint density at radius 1 is 1.44 bits per heavy atom. The van der Waals surface area contributed by atoms with Crippen molar-refractivity contribution in [3.05, 3.63) is 40.5 Å². The molecule has 1 N–H and O–H groups in total. The van der Waals surface area contributed by atoms with E-state index >= 15 is 0 Å². The number of halogens is 4. The number of allylic oxidation sites excluding steroid dienone is 1. The van der Waals surface area contributed by atoms with Crippen LogP contribution in [0.4, 0.5) is 14.5 Å². The summed E-state index contributed by atoms with van der Waals surface area (Å²) in [7, 11) is 1.09. The third kappa shape index (κ3) is 4.62. The Labute approximate surface area is 116 Å². The molecule has 1 rings (SSSR count). The molecule has 0 saturated carbocycles. The largest absolute Gasteiger partial charge is 0.466 e. The van der Waals surface area contributed by atoms with E-state index < -0.39 is 17.0 Å². The van der Waals surface area contributed by atoms with E-state index in [1.54, 1.807) is 24.3 Å². The molecule has 0 amide bonds. The predicted octanol–water partition coefficient (Wildman–Crippen LogP) is 3.75. The van der Waals surface area contributed by atoms with Gasteiger partial charge in [0.25, 0.3) is 0 Å². The number of rotatable bonds is 4. The summed E-state index contributed by atoms with van der Waals surface area (Å²) >= 11 is 8.11. The van der Waals surface area contributed by atoms with Crippen LogP contribution in [0.25, 0.3) is 0 Å². The van der Waals surface area contributed by atoms with E-state index in [1.807, 2.05) is 0 Å². The van der Waals surface area contributed by atoms with Crippen LogP contribution >= 0.6 is 27.5 Å². The van der Waals surface area contributed by atoms with Gasteiger partial charge in [-0.3, -0.25) is 0 Å². The molecule has 0 heterocycles. The predicted molar refractivity (Wildman–Crippen MR) is 68.7 cm³/mol. The molecule has 0 bridgehead atoms. The van der Waals surface area contributed by atoms with Crippen LogP contribution in [0.5, 0.6) is 0 Å². The molecular formula is C11H9BrClF2NO2. The molecule has 0 aliphatic carbocycles. The number of ether oxygens (including phenoxy) is 1. The van der Waals surface area contributed by atoms with Gasteiger partial charge in [0.05, 0.1) is 13.2 Å². The maximum atomic E-state index is 13.1. The van der Waals surface area contributed by atoms with Crippen LogP contribution in [0.15, 0.2) is 40.5 Å². The molecule has 1 aromatic rings. The average molecular weight is 341 g/mol. The fraction of sp³-hybridized carbons (Fsp3) is 0.182. The molecule has 0 saturated heterocycles. The van der Waals surface area contributed by atoms with Crippen molar-refractivity contribution in [2.75, 3.05) is 12.4 Å². The molecule has 0 spiro atoms. The highest BCUT2D eigenvalue weighted by Gasteiger charge is 2.32. The van der Waals surface area contributed by atoms with E-state index in [1.165, 1.54) is 0 Å². The van der Waals surface area contributed by atoms with Crippen molar-refractivity contribution >= 4 is 39.2 Å². The molecule has 3 nitrogen and oxygen atoms in total. The Bertz CT molecular complexity index is 457. The lowest BCUT2D eigenvalue weighted by atomic mass is 10.3. The van der Waals surface area contributed by atoms with Gasteiger partial charge in [-0.25, -0.2) is 4.79 Å². The third-order valence-corrected chi connectivity index (χ3v) is 2.62. The van der Waals surface area contributed by atoms with Gasteiger partial charge in [0.2, 0.25) is 0 Å². The summed E-state index contributed by atoms with van der Waals surface area (Å²) in [6.07, 6.45) is 0.606. The first-order chi connectivity index (χ1) is 8.32. The normalized spacial score (nSPS) is 12.2. The van der Waals surface area contributed by atoms with Crippen LogP contribution in [0.1, 0.15) is 0 Å². The van der Waals surface area contributed by atoms with E-state index in [2.05, 4.69) is 26.0 Å². The van der Waals surface area contributed by atoms with E-state index in [0.29, 0.717) is 11.8 Å². The summed E-state index contributed by atoms with van der Waals surface area (Å²) < 4.78 is 31.2. The fourth-order valence-corrected chi connectivity index (χ4v) is 1.42. The van der Waals surface area contributed by atoms with Crippen molar-refractivity contribution in [2.45, 2.75) is 5.38 Å². The number of alkyl halides is 3. The standard InChI is InChI=1S/C11H9BrClF2NO2/c1-18-10(17)6-9(11(13,14)15)16-8-4-2-7(12)3-5-8/h2-6,16H,1H3/b9-6+. The van der Waals surface area contributed by atoms with Crippen LogP contribution in [0.2, 0.25) is 0 Å². The average Bonchev–Trinajstić information content (AvgIpc) is 2.29. The number of esters is 1. The van der Waals surface area contributed by atoms with Gasteiger partial charge in [-0.1, -0.05) is 15.9 Å². The lowest BCUT2D eigenvalue weighted by Crippen LogP contribution is -2.19. The number of hydrogen-bond acceptors (Lipinski definition) is 3. The maximum absolute atomic E-state index is 13.1. The van der Waals surface area contributed by atoms with Gasteiger partial charge in [0.1, 0.15) is 5.70 Å². The molecule has 0 aromatic heterocycles. The van der Waals surface area contributed by atoms with E-state index in [-0.39, 0.29) is 0 Å². The summed E-state index contributed by atoms with van der Waals surface area (Å²) in [5.41, 5.74) is -0.382. The summed E-state index contributed by atoms with van der Waals surface area (Å²) in [6.45, 7) is 0. The van der Waals surface area contributed by atoms with Crippen molar-refractivity contribution < 1.29 is 18.3 Å². The maximum Gasteiger partial charge on any atom is 0.362 e. The lowest BCUT2D eigenvalue weighted by Gasteiger charge is -2.15. The zero-order valence-corrected chi connectivity index (χ0v) is 11.6. The van der Waals surface area contributed by atoms with Gasteiger partial charge in [-0.05, 0) is 35.9 Å². The van der Waals surface area contributed by atoms with Gasteiger partial charge in [-0.2, -0.15) is 8.78 Å². The monoisotopic (exact) mass is 339 g/mol. The number of methoxy groups -OCH3 is 1. The zero-order valence-electron chi connectivity index (χ0n) is 9.22. The molecule has 0 unspecified atom stereocenters. The minimum Gasteiger partial charge on any atom is -0.466 e. The summed E-state index contributed by atoms with van der Waals surface area (Å²) in [5.74, 6) is -0.921. The number of hydrogen-bond donors (Lipinski definition) is 1. The first-order valence-corrected chi connectivity index (χ1v) is 5.89. The smallest absolute Gasteiger partial charge is 0.362 e. The number of carbonyl (C=O) groups is 1. The highest BCUT2D eigenvalue weighted by molar-refractivity contribution is 9.10. The Balaban J connectivity index is 2.96. The number of benzene rings is 1. The topological polar surface area (TPSA) is 38.3 Å². The number of anilines is 1. The van der Waals surface area contributed by atoms with Crippen LogP contribution < -0.4 is 5.32 Å². The molecule has 0 fully saturated rings. The molecular weight excluding hydrogens is 331 g/mol. The Kier molecular flexibility index (Phi) is 5.10. The summed E-state index contributed by atoms with van der Waals surface area (Å²) in [6, 6.07) is 6.42. The van der Waals surface area contributed by atoms with Gasteiger partial charge in [-0.15, -0.1) is 0 Å². The minimum absolute atomic E-state index is 0.369. The first-order valence-electron chi connectivity index (χ1n) is 4.72. The fourth-order valence-electron chi connectivity index (χ4n) is 1.05. The molecule has 0 aliphatic heterocycles. The van der Waals surface area contributed by atoms with Crippen LogP contribution in [0.3, 0.4) is 0 Å². The van der Waals surface area contributed by atoms with Crippen molar-refractivity contribution in [1.82, 2.24) is 0 Å². The summed E-state index contributed by atoms with van der Waals surface area (Å²) in [4.78, 5) is 11.0. The van der Waals surface area contributed by atoms with Crippen molar-refractivity contribution in [1.29, 1.82) is 0 Å². The molecule has 0 radical (unpaired) electrons. The van der Waals surface area contributed by atoms with E-state index in [9.17, 15) is 13.6 Å².